The Bertz CT molecular complexity index is 330. The molecule has 0 spiro atoms. The predicted molar refractivity (Wildman–Crippen MR) is 65.1 cm³/mol. The summed E-state index contributed by atoms with van der Waals surface area (Å²) in [6, 6.07) is 3.77. The maximum Gasteiger partial charge on any atom is 0.133 e. The topological polar surface area (TPSA) is 33.4 Å². The summed E-state index contributed by atoms with van der Waals surface area (Å²) < 4.78 is 6.36. The molecule has 0 aliphatic heterocycles. The third-order valence-electron chi connectivity index (χ3n) is 2.49. The van der Waals surface area contributed by atoms with Crippen LogP contribution < -0.4 is 0 Å². The summed E-state index contributed by atoms with van der Waals surface area (Å²) in [7, 11) is 0. The molecule has 2 atom stereocenters. The lowest BCUT2D eigenvalue weighted by molar-refractivity contribution is 0.149. The molecule has 0 saturated carbocycles. The summed E-state index contributed by atoms with van der Waals surface area (Å²) in [4.78, 5) is 0. The number of aliphatic hydroxyl groups is 1. The van der Waals surface area contributed by atoms with Crippen LogP contribution in [0.5, 0.6) is 0 Å². The van der Waals surface area contributed by atoms with Gasteiger partial charge in [0.2, 0.25) is 0 Å². The van der Waals surface area contributed by atoms with Crippen molar-refractivity contribution < 1.29 is 9.52 Å². The molecule has 1 N–H and O–H groups in total. The zero-order valence-corrected chi connectivity index (χ0v) is 10.8. The third-order valence-corrected chi connectivity index (χ3v) is 2.81. The quantitative estimate of drug-likeness (QED) is 0.875. The van der Waals surface area contributed by atoms with Crippen LogP contribution in [0.2, 0.25) is 0 Å². The van der Waals surface area contributed by atoms with Crippen molar-refractivity contribution in [1.82, 2.24) is 0 Å². The van der Waals surface area contributed by atoms with Crippen molar-refractivity contribution in [1.29, 1.82) is 0 Å². The Morgan fingerprint density at radius 1 is 1.53 bits per heavy atom. The van der Waals surface area contributed by atoms with Crippen molar-refractivity contribution in [3.63, 3.8) is 0 Å². The first-order chi connectivity index (χ1) is 7.04. The first-order valence-corrected chi connectivity index (χ1v) is 5.94. The Morgan fingerprint density at radius 2 is 2.13 bits per heavy atom. The first-order valence-electron chi connectivity index (χ1n) is 5.15. The summed E-state index contributed by atoms with van der Waals surface area (Å²) in [5.41, 5.74) is 0. The summed E-state index contributed by atoms with van der Waals surface area (Å²) in [6.45, 7) is 7.92. The van der Waals surface area contributed by atoms with Gasteiger partial charge in [0.25, 0.3) is 0 Å². The average Bonchev–Trinajstić information content (AvgIpc) is 2.64. The second kappa shape index (κ2) is 5.52. The van der Waals surface area contributed by atoms with Crippen molar-refractivity contribution in [2.24, 2.45) is 0 Å². The molecule has 1 aromatic rings. The van der Waals surface area contributed by atoms with Gasteiger partial charge in [-0.15, -0.1) is 0 Å². The molecule has 0 saturated heterocycles. The largest absolute Gasteiger partial charge is 0.463 e. The molecule has 0 amide bonds. The van der Waals surface area contributed by atoms with E-state index in [0.29, 0.717) is 18.1 Å². The standard InChI is InChI=1S/C12H17BrO2/c1-4-8(2)11-5-6-12(15-11)10(14)7-9(3)13/h5-6,8,10,14H,3-4,7H2,1-2H3. The molecular formula is C12H17BrO2. The summed E-state index contributed by atoms with van der Waals surface area (Å²) in [6.07, 6.45) is 0.913. The number of hydrogen-bond donors (Lipinski definition) is 1. The van der Waals surface area contributed by atoms with Gasteiger partial charge in [0.15, 0.2) is 0 Å². The molecule has 84 valence electrons. The number of hydrogen-bond acceptors (Lipinski definition) is 2. The van der Waals surface area contributed by atoms with Crippen LogP contribution in [0.4, 0.5) is 0 Å². The fourth-order valence-electron chi connectivity index (χ4n) is 1.32. The minimum atomic E-state index is -0.602. The van der Waals surface area contributed by atoms with Crippen LogP contribution in [-0.4, -0.2) is 5.11 Å². The molecule has 1 aromatic heterocycles. The van der Waals surface area contributed by atoms with Crippen LogP contribution in [0, 0.1) is 0 Å². The van der Waals surface area contributed by atoms with Gasteiger partial charge in [0.05, 0.1) is 0 Å². The van der Waals surface area contributed by atoms with Crippen LogP contribution >= 0.6 is 15.9 Å². The van der Waals surface area contributed by atoms with Gasteiger partial charge in [-0.3, -0.25) is 0 Å². The van der Waals surface area contributed by atoms with E-state index in [2.05, 4.69) is 36.4 Å². The molecule has 15 heavy (non-hydrogen) atoms. The molecule has 2 unspecified atom stereocenters. The number of halogens is 1. The molecular weight excluding hydrogens is 256 g/mol. The second-order valence-corrected chi connectivity index (χ2v) is 4.91. The third kappa shape index (κ3) is 3.50. The van der Waals surface area contributed by atoms with Gasteiger partial charge < -0.3 is 9.52 Å². The summed E-state index contributed by atoms with van der Waals surface area (Å²) >= 11 is 3.23. The Morgan fingerprint density at radius 3 is 2.67 bits per heavy atom. The maximum atomic E-state index is 9.77. The number of rotatable bonds is 5. The fourth-order valence-corrected chi connectivity index (χ4v) is 1.63. The smallest absolute Gasteiger partial charge is 0.133 e. The average molecular weight is 273 g/mol. The van der Waals surface area contributed by atoms with Gasteiger partial charge >= 0.3 is 0 Å². The molecule has 0 fully saturated rings. The van der Waals surface area contributed by atoms with Crippen LogP contribution in [0.1, 0.15) is 50.2 Å². The molecule has 0 aliphatic rings. The lowest BCUT2D eigenvalue weighted by Gasteiger charge is -2.07. The molecule has 2 nitrogen and oxygen atoms in total. The van der Waals surface area contributed by atoms with E-state index in [-0.39, 0.29) is 0 Å². The highest BCUT2D eigenvalue weighted by molar-refractivity contribution is 9.11. The summed E-state index contributed by atoms with van der Waals surface area (Å²) in [5.74, 6) is 1.95. The van der Waals surface area contributed by atoms with Crippen molar-refractivity contribution in [3.8, 4) is 0 Å². The molecule has 0 radical (unpaired) electrons. The highest BCUT2D eigenvalue weighted by Crippen LogP contribution is 2.28. The van der Waals surface area contributed by atoms with Crippen molar-refractivity contribution in [2.45, 2.75) is 38.7 Å². The van der Waals surface area contributed by atoms with Crippen LogP contribution in [-0.2, 0) is 0 Å². The predicted octanol–water partition coefficient (Wildman–Crippen LogP) is 4.13. The normalized spacial score (nSPS) is 14.9. The van der Waals surface area contributed by atoms with Crippen molar-refractivity contribution >= 4 is 15.9 Å². The second-order valence-electron chi connectivity index (χ2n) is 3.79. The molecule has 3 heteroatoms. The van der Waals surface area contributed by atoms with Gasteiger partial charge in [-0.25, -0.2) is 0 Å². The van der Waals surface area contributed by atoms with Gasteiger partial charge in [-0.05, 0) is 23.0 Å². The molecule has 1 rings (SSSR count). The van der Waals surface area contributed by atoms with Gasteiger partial charge in [0, 0.05) is 12.3 Å². The van der Waals surface area contributed by atoms with Gasteiger partial charge in [-0.2, -0.15) is 0 Å². The van der Waals surface area contributed by atoms with E-state index in [4.69, 9.17) is 4.42 Å². The Kier molecular flexibility index (Phi) is 4.61. The fraction of sp³-hybridized carbons (Fsp3) is 0.500. The molecule has 0 aromatic carbocycles. The lowest BCUT2D eigenvalue weighted by Crippen LogP contribution is -1.95. The van der Waals surface area contributed by atoms with Crippen LogP contribution in [0.15, 0.2) is 27.6 Å². The monoisotopic (exact) mass is 272 g/mol. The first kappa shape index (κ1) is 12.5. The van der Waals surface area contributed by atoms with E-state index in [0.717, 1.165) is 16.7 Å². The van der Waals surface area contributed by atoms with E-state index in [9.17, 15) is 5.11 Å². The number of aliphatic hydroxyl groups excluding tert-OH is 1. The lowest BCUT2D eigenvalue weighted by atomic mass is 10.1. The maximum absolute atomic E-state index is 9.77. The Hall–Kier alpha value is -0.540. The SMILES string of the molecule is C=C(Br)CC(O)c1ccc(C(C)CC)o1. The van der Waals surface area contributed by atoms with E-state index < -0.39 is 6.10 Å². The van der Waals surface area contributed by atoms with Crippen molar-refractivity contribution in [2.75, 3.05) is 0 Å². The minimum absolute atomic E-state index is 0.401. The number of furan rings is 1. The molecule has 0 aliphatic carbocycles. The van der Waals surface area contributed by atoms with Crippen molar-refractivity contribution in [3.05, 3.63) is 34.7 Å². The summed E-state index contributed by atoms with van der Waals surface area (Å²) in [5, 5.41) is 9.77. The van der Waals surface area contributed by atoms with E-state index in [1.54, 1.807) is 0 Å². The van der Waals surface area contributed by atoms with Gasteiger partial charge in [0.1, 0.15) is 17.6 Å². The Labute approximate surface area is 99.1 Å². The zero-order valence-electron chi connectivity index (χ0n) is 9.16. The molecule has 0 bridgehead atoms. The van der Waals surface area contributed by atoms with E-state index in [1.165, 1.54) is 0 Å². The van der Waals surface area contributed by atoms with Crippen LogP contribution in [0.3, 0.4) is 0 Å². The highest BCUT2D eigenvalue weighted by atomic mass is 79.9. The van der Waals surface area contributed by atoms with Crippen LogP contribution in [0.25, 0.3) is 0 Å². The van der Waals surface area contributed by atoms with Gasteiger partial charge in [-0.1, -0.05) is 36.4 Å². The van der Waals surface area contributed by atoms with E-state index in [1.807, 2.05) is 12.1 Å². The Balaban J connectivity index is 2.70. The highest BCUT2D eigenvalue weighted by Gasteiger charge is 2.15. The van der Waals surface area contributed by atoms with E-state index >= 15 is 0 Å². The zero-order chi connectivity index (χ0) is 11.4. The molecule has 1 heterocycles. The minimum Gasteiger partial charge on any atom is -0.463 e.